The molecule has 1 aromatic rings. The van der Waals surface area contributed by atoms with Gasteiger partial charge in [-0.3, -0.25) is 9.59 Å². The van der Waals surface area contributed by atoms with Gasteiger partial charge in [0.15, 0.2) is 0 Å². The van der Waals surface area contributed by atoms with Crippen LogP contribution in [0.2, 0.25) is 5.02 Å². The molecule has 0 saturated carbocycles. The molecule has 18 heavy (non-hydrogen) atoms. The van der Waals surface area contributed by atoms with Crippen LogP contribution in [0.4, 0.5) is 0 Å². The molecular formula is C13H17ClN2O2. The van der Waals surface area contributed by atoms with Crippen LogP contribution in [0.1, 0.15) is 24.2 Å². The van der Waals surface area contributed by atoms with E-state index in [1.54, 1.807) is 24.3 Å². The molecule has 4 nitrogen and oxygen atoms in total. The molecule has 1 aromatic carbocycles. The smallest absolute Gasteiger partial charge is 0.251 e. The van der Waals surface area contributed by atoms with Crippen LogP contribution in [-0.2, 0) is 4.79 Å². The van der Waals surface area contributed by atoms with E-state index in [-0.39, 0.29) is 17.7 Å². The Morgan fingerprint density at radius 2 is 1.89 bits per heavy atom. The summed E-state index contributed by atoms with van der Waals surface area (Å²) in [6.07, 6.45) is 0. The highest BCUT2D eigenvalue weighted by Crippen LogP contribution is 2.10. The van der Waals surface area contributed by atoms with Crippen molar-refractivity contribution in [3.63, 3.8) is 0 Å². The van der Waals surface area contributed by atoms with Gasteiger partial charge in [0.2, 0.25) is 5.91 Å². The third kappa shape index (κ3) is 4.75. The molecule has 0 spiro atoms. The van der Waals surface area contributed by atoms with Gasteiger partial charge in [0, 0.05) is 29.6 Å². The predicted octanol–water partition coefficient (Wildman–Crippen LogP) is 1.84. The van der Waals surface area contributed by atoms with E-state index in [1.165, 1.54) is 0 Å². The lowest BCUT2D eigenvalue weighted by Gasteiger charge is -2.08. The first-order valence-electron chi connectivity index (χ1n) is 5.82. The van der Waals surface area contributed by atoms with Crippen molar-refractivity contribution < 1.29 is 9.59 Å². The first kappa shape index (κ1) is 14.5. The first-order chi connectivity index (χ1) is 8.50. The van der Waals surface area contributed by atoms with E-state index in [1.807, 2.05) is 13.8 Å². The first-order valence-corrected chi connectivity index (χ1v) is 6.20. The van der Waals surface area contributed by atoms with Gasteiger partial charge >= 0.3 is 0 Å². The molecule has 0 fully saturated rings. The molecule has 0 aliphatic carbocycles. The molecule has 98 valence electrons. The summed E-state index contributed by atoms with van der Waals surface area (Å²) in [7, 11) is 0. The molecule has 2 N–H and O–H groups in total. The fraction of sp³-hybridized carbons (Fsp3) is 0.385. The van der Waals surface area contributed by atoms with Gasteiger partial charge < -0.3 is 10.6 Å². The maximum absolute atomic E-state index is 11.7. The molecule has 0 heterocycles. The monoisotopic (exact) mass is 268 g/mol. The van der Waals surface area contributed by atoms with E-state index in [9.17, 15) is 9.59 Å². The van der Waals surface area contributed by atoms with E-state index in [4.69, 9.17) is 11.6 Å². The van der Waals surface area contributed by atoms with Crippen molar-refractivity contribution in [1.82, 2.24) is 10.6 Å². The SMILES string of the molecule is CC(C)C(=O)NCCNC(=O)c1cccc(Cl)c1. The summed E-state index contributed by atoms with van der Waals surface area (Å²) in [6, 6.07) is 6.72. The van der Waals surface area contributed by atoms with Gasteiger partial charge in [0.05, 0.1) is 0 Å². The summed E-state index contributed by atoms with van der Waals surface area (Å²) in [6.45, 7) is 4.45. The highest BCUT2D eigenvalue weighted by Gasteiger charge is 2.07. The minimum absolute atomic E-state index is 0.0213. The van der Waals surface area contributed by atoms with Gasteiger partial charge in [-0.25, -0.2) is 0 Å². The normalized spacial score (nSPS) is 10.2. The minimum Gasteiger partial charge on any atom is -0.354 e. The molecule has 0 saturated heterocycles. The van der Waals surface area contributed by atoms with Gasteiger partial charge in [-0.1, -0.05) is 31.5 Å². The Morgan fingerprint density at radius 3 is 2.50 bits per heavy atom. The molecule has 0 bridgehead atoms. The zero-order valence-electron chi connectivity index (χ0n) is 10.5. The second-order valence-corrected chi connectivity index (χ2v) is 4.65. The van der Waals surface area contributed by atoms with E-state index in [0.29, 0.717) is 23.7 Å². The second kappa shape index (κ2) is 7.01. The maximum Gasteiger partial charge on any atom is 0.251 e. The van der Waals surface area contributed by atoms with Crippen molar-refractivity contribution in [2.45, 2.75) is 13.8 Å². The number of halogens is 1. The molecule has 0 unspecified atom stereocenters. The van der Waals surface area contributed by atoms with Crippen LogP contribution in [-0.4, -0.2) is 24.9 Å². The van der Waals surface area contributed by atoms with Gasteiger partial charge in [-0.05, 0) is 18.2 Å². The fourth-order valence-electron chi connectivity index (χ4n) is 1.30. The van der Waals surface area contributed by atoms with Gasteiger partial charge in [0.1, 0.15) is 0 Å². The number of carbonyl (C=O) groups is 2. The number of benzene rings is 1. The Labute approximate surface area is 112 Å². The molecule has 5 heteroatoms. The van der Waals surface area contributed by atoms with Gasteiger partial charge in [0.25, 0.3) is 5.91 Å². The number of nitrogens with one attached hydrogen (secondary N) is 2. The van der Waals surface area contributed by atoms with Crippen LogP contribution >= 0.6 is 11.6 Å². The zero-order chi connectivity index (χ0) is 13.5. The topological polar surface area (TPSA) is 58.2 Å². The molecule has 0 atom stereocenters. The van der Waals surface area contributed by atoms with Crippen molar-refractivity contribution in [3.05, 3.63) is 34.9 Å². The van der Waals surface area contributed by atoms with Crippen LogP contribution in [0.15, 0.2) is 24.3 Å². The van der Waals surface area contributed by atoms with Crippen LogP contribution in [0.5, 0.6) is 0 Å². The van der Waals surface area contributed by atoms with Crippen LogP contribution in [0, 0.1) is 5.92 Å². The molecule has 0 aromatic heterocycles. The number of amides is 2. The average Bonchev–Trinajstić information content (AvgIpc) is 2.33. The van der Waals surface area contributed by atoms with Crippen LogP contribution in [0.25, 0.3) is 0 Å². The van der Waals surface area contributed by atoms with Gasteiger partial charge in [-0.2, -0.15) is 0 Å². The lowest BCUT2D eigenvalue weighted by molar-refractivity contribution is -0.123. The van der Waals surface area contributed by atoms with Crippen molar-refractivity contribution >= 4 is 23.4 Å². The van der Waals surface area contributed by atoms with Crippen molar-refractivity contribution in [3.8, 4) is 0 Å². The summed E-state index contributed by atoms with van der Waals surface area (Å²) in [4.78, 5) is 23.0. The minimum atomic E-state index is -0.198. The van der Waals surface area contributed by atoms with E-state index in [2.05, 4.69) is 10.6 Å². The van der Waals surface area contributed by atoms with E-state index in [0.717, 1.165) is 0 Å². The van der Waals surface area contributed by atoms with Crippen LogP contribution in [0.3, 0.4) is 0 Å². The Kier molecular flexibility index (Phi) is 5.65. The zero-order valence-corrected chi connectivity index (χ0v) is 11.3. The molecule has 0 radical (unpaired) electrons. The highest BCUT2D eigenvalue weighted by atomic mass is 35.5. The quantitative estimate of drug-likeness (QED) is 0.801. The van der Waals surface area contributed by atoms with Crippen LogP contribution < -0.4 is 10.6 Å². The second-order valence-electron chi connectivity index (χ2n) is 4.21. The fourth-order valence-corrected chi connectivity index (χ4v) is 1.49. The van der Waals surface area contributed by atoms with E-state index >= 15 is 0 Å². The molecule has 1 rings (SSSR count). The largest absolute Gasteiger partial charge is 0.354 e. The molecular weight excluding hydrogens is 252 g/mol. The molecule has 0 aliphatic rings. The number of rotatable bonds is 5. The number of carbonyl (C=O) groups excluding carboxylic acids is 2. The summed E-state index contributed by atoms with van der Waals surface area (Å²) in [5.41, 5.74) is 0.512. The lowest BCUT2D eigenvalue weighted by atomic mass is 10.2. The highest BCUT2D eigenvalue weighted by molar-refractivity contribution is 6.30. The Hall–Kier alpha value is -1.55. The summed E-state index contributed by atoms with van der Waals surface area (Å²) in [5.74, 6) is -0.267. The summed E-state index contributed by atoms with van der Waals surface area (Å²) >= 11 is 5.79. The standard InChI is InChI=1S/C13H17ClN2O2/c1-9(2)12(17)15-6-7-16-13(18)10-4-3-5-11(14)8-10/h3-5,8-9H,6-7H2,1-2H3,(H,15,17)(H,16,18). The Balaban J connectivity index is 2.32. The molecule has 2 amide bonds. The van der Waals surface area contributed by atoms with E-state index < -0.39 is 0 Å². The number of hydrogen-bond acceptors (Lipinski definition) is 2. The lowest BCUT2D eigenvalue weighted by Crippen LogP contribution is -2.36. The third-order valence-corrected chi connectivity index (χ3v) is 2.56. The summed E-state index contributed by atoms with van der Waals surface area (Å²) in [5, 5.41) is 5.95. The predicted molar refractivity (Wildman–Crippen MR) is 71.6 cm³/mol. The van der Waals surface area contributed by atoms with Crippen molar-refractivity contribution in [2.24, 2.45) is 5.92 Å². The van der Waals surface area contributed by atoms with Crippen molar-refractivity contribution in [1.29, 1.82) is 0 Å². The van der Waals surface area contributed by atoms with Crippen molar-refractivity contribution in [2.75, 3.05) is 13.1 Å². The molecule has 0 aliphatic heterocycles. The maximum atomic E-state index is 11.7. The van der Waals surface area contributed by atoms with Gasteiger partial charge in [-0.15, -0.1) is 0 Å². The third-order valence-electron chi connectivity index (χ3n) is 2.32. The number of hydrogen-bond donors (Lipinski definition) is 2. The Bertz CT molecular complexity index is 433. The summed E-state index contributed by atoms with van der Waals surface area (Å²) < 4.78 is 0. The average molecular weight is 269 g/mol. The Morgan fingerprint density at radius 1 is 1.22 bits per heavy atom.